The molecule has 1 aromatic rings. The lowest BCUT2D eigenvalue weighted by Crippen LogP contribution is -2.37. The molecule has 0 aliphatic rings. The average molecular weight is 270 g/mol. The van der Waals surface area contributed by atoms with Crippen LogP contribution >= 0.6 is 0 Å². The van der Waals surface area contributed by atoms with Crippen molar-refractivity contribution in [3.63, 3.8) is 0 Å². The first-order valence-electron chi connectivity index (χ1n) is 6.18. The molecule has 0 aromatic heterocycles. The monoisotopic (exact) mass is 270 g/mol. The molecule has 1 aromatic carbocycles. The minimum absolute atomic E-state index is 0.0202. The summed E-state index contributed by atoms with van der Waals surface area (Å²) in [6.07, 6.45) is 0. The van der Waals surface area contributed by atoms with Gasteiger partial charge >= 0.3 is 0 Å². The van der Waals surface area contributed by atoms with Crippen molar-refractivity contribution in [2.24, 2.45) is 5.73 Å². The normalized spacial score (nSPS) is 12.3. The van der Waals surface area contributed by atoms with Crippen LogP contribution in [-0.2, 0) is 22.3 Å². The molecule has 0 fully saturated rings. The molecular weight excluding hydrogens is 248 g/mol. The van der Waals surface area contributed by atoms with Crippen LogP contribution < -0.4 is 5.73 Å². The smallest absolute Gasteiger partial charge is 0.218 e. The Morgan fingerprint density at radius 3 is 2.22 bits per heavy atom. The molecule has 0 bridgehead atoms. The SMILES string of the molecule is CCN(C(C)C)S(=O)(=O)Cc1ccccc1CN. The maximum atomic E-state index is 12.3. The van der Waals surface area contributed by atoms with Gasteiger partial charge in [0, 0.05) is 19.1 Å². The van der Waals surface area contributed by atoms with Crippen molar-refractivity contribution < 1.29 is 8.42 Å². The van der Waals surface area contributed by atoms with Gasteiger partial charge in [0.15, 0.2) is 0 Å². The van der Waals surface area contributed by atoms with Crippen molar-refractivity contribution in [2.45, 2.75) is 39.1 Å². The minimum atomic E-state index is -3.28. The van der Waals surface area contributed by atoms with Gasteiger partial charge in [0.1, 0.15) is 0 Å². The number of benzene rings is 1. The van der Waals surface area contributed by atoms with Gasteiger partial charge in [-0.1, -0.05) is 31.2 Å². The molecule has 0 aliphatic carbocycles. The van der Waals surface area contributed by atoms with E-state index in [9.17, 15) is 8.42 Å². The third-order valence-corrected chi connectivity index (χ3v) is 4.99. The summed E-state index contributed by atoms with van der Waals surface area (Å²) in [5.41, 5.74) is 7.31. The van der Waals surface area contributed by atoms with Crippen molar-refractivity contribution in [1.29, 1.82) is 0 Å². The van der Waals surface area contributed by atoms with Crippen LogP contribution in [0.1, 0.15) is 31.9 Å². The molecule has 0 atom stereocenters. The second-order valence-electron chi connectivity index (χ2n) is 4.53. The first-order valence-corrected chi connectivity index (χ1v) is 7.79. The van der Waals surface area contributed by atoms with Crippen molar-refractivity contribution >= 4 is 10.0 Å². The molecule has 0 saturated heterocycles. The lowest BCUT2D eigenvalue weighted by atomic mass is 10.1. The molecule has 0 unspecified atom stereocenters. The molecule has 102 valence electrons. The van der Waals surface area contributed by atoms with Crippen LogP contribution in [0.25, 0.3) is 0 Å². The number of rotatable bonds is 6. The van der Waals surface area contributed by atoms with Gasteiger partial charge in [-0.3, -0.25) is 0 Å². The quantitative estimate of drug-likeness (QED) is 0.856. The number of hydrogen-bond donors (Lipinski definition) is 1. The highest BCUT2D eigenvalue weighted by Gasteiger charge is 2.24. The van der Waals surface area contributed by atoms with E-state index in [0.29, 0.717) is 13.1 Å². The maximum absolute atomic E-state index is 12.3. The molecule has 0 aliphatic heterocycles. The third kappa shape index (κ3) is 3.54. The molecule has 0 saturated carbocycles. The van der Waals surface area contributed by atoms with Crippen molar-refractivity contribution in [1.82, 2.24) is 4.31 Å². The summed E-state index contributed by atoms with van der Waals surface area (Å²) in [7, 11) is -3.28. The fourth-order valence-corrected chi connectivity index (χ4v) is 3.94. The summed E-state index contributed by atoms with van der Waals surface area (Å²) in [5, 5.41) is 0. The lowest BCUT2D eigenvalue weighted by molar-refractivity contribution is 0.368. The summed E-state index contributed by atoms with van der Waals surface area (Å²) in [6.45, 7) is 6.47. The van der Waals surface area contributed by atoms with Gasteiger partial charge in [0.05, 0.1) is 5.75 Å². The van der Waals surface area contributed by atoms with Crippen LogP contribution in [0.5, 0.6) is 0 Å². The topological polar surface area (TPSA) is 63.4 Å². The van der Waals surface area contributed by atoms with Crippen LogP contribution in [0.15, 0.2) is 24.3 Å². The molecule has 5 heteroatoms. The van der Waals surface area contributed by atoms with E-state index >= 15 is 0 Å². The summed E-state index contributed by atoms with van der Waals surface area (Å²) in [4.78, 5) is 0. The van der Waals surface area contributed by atoms with Crippen molar-refractivity contribution in [2.75, 3.05) is 6.54 Å². The van der Waals surface area contributed by atoms with Crippen LogP contribution in [0.2, 0.25) is 0 Å². The number of sulfonamides is 1. The predicted octanol–water partition coefficient (Wildman–Crippen LogP) is 1.71. The second kappa shape index (κ2) is 6.31. The largest absolute Gasteiger partial charge is 0.326 e. The van der Waals surface area contributed by atoms with Crippen LogP contribution in [0.3, 0.4) is 0 Å². The van der Waals surface area contributed by atoms with E-state index < -0.39 is 10.0 Å². The molecule has 1 rings (SSSR count). The first-order chi connectivity index (χ1) is 8.42. The van der Waals surface area contributed by atoms with Gasteiger partial charge in [0.2, 0.25) is 10.0 Å². The van der Waals surface area contributed by atoms with E-state index in [-0.39, 0.29) is 11.8 Å². The Morgan fingerprint density at radius 1 is 1.22 bits per heavy atom. The van der Waals surface area contributed by atoms with Gasteiger partial charge in [0.25, 0.3) is 0 Å². The van der Waals surface area contributed by atoms with Crippen LogP contribution in [-0.4, -0.2) is 25.3 Å². The Morgan fingerprint density at radius 2 is 1.78 bits per heavy atom. The second-order valence-corrected chi connectivity index (χ2v) is 6.45. The molecule has 0 heterocycles. The standard InChI is InChI=1S/C13H22N2O2S/c1-4-15(11(2)3)18(16,17)10-13-8-6-5-7-12(13)9-14/h5-8,11H,4,9-10,14H2,1-3H3. The lowest BCUT2D eigenvalue weighted by Gasteiger charge is -2.24. The summed E-state index contributed by atoms with van der Waals surface area (Å²) in [5.74, 6) is 0.0202. The van der Waals surface area contributed by atoms with Gasteiger partial charge in [-0.05, 0) is 25.0 Å². The van der Waals surface area contributed by atoms with E-state index in [1.165, 1.54) is 4.31 Å². The van der Waals surface area contributed by atoms with Gasteiger partial charge < -0.3 is 5.73 Å². The highest BCUT2D eigenvalue weighted by atomic mass is 32.2. The van der Waals surface area contributed by atoms with E-state index in [2.05, 4.69) is 0 Å². The molecule has 18 heavy (non-hydrogen) atoms. The third-order valence-electron chi connectivity index (χ3n) is 2.92. The molecule has 4 nitrogen and oxygen atoms in total. The maximum Gasteiger partial charge on any atom is 0.218 e. The summed E-state index contributed by atoms with van der Waals surface area (Å²) >= 11 is 0. The summed E-state index contributed by atoms with van der Waals surface area (Å²) < 4.78 is 26.2. The zero-order valence-electron chi connectivity index (χ0n) is 11.3. The molecular formula is C13H22N2O2S. The molecule has 0 spiro atoms. The Balaban J connectivity index is 3.02. The first kappa shape index (κ1) is 15.1. The van der Waals surface area contributed by atoms with Gasteiger partial charge in [-0.2, -0.15) is 4.31 Å². The van der Waals surface area contributed by atoms with E-state index in [1.54, 1.807) is 0 Å². The Bertz CT molecular complexity index is 484. The van der Waals surface area contributed by atoms with Crippen LogP contribution in [0.4, 0.5) is 0 Å². The van der Waals surface area contributed by atoms with Crippen molar-refractivity contribution in [3.8, 4) is 0 Å². The average Bonchev–Trinajstić information content (AvgIpc) is 2.29. The summed E-state index contributed by atoms with van der Waals surface area (Å²) in [6, 6.07) is 7.39. The highest BCUT2D eigenvalue weighted by Crippen LogP contribution is 2.16. The van der Waals surface area contributed by atoms with Gasteiger partial charge in [-0.15, -0.1) is 0 Å². The molecule has 0 amide bonds. The Labute approximate surface area is 110 Å². The number of hydrogen-bond acceptors (Lipinski definition) is 3. The van der Waals surface area contributed by atoms with Gasteiger partial charge in [-0.25, -0.2) is 8.42 Å². The zero-order valence-corrected chi connectivity index (χ0v) is 12.1. The molecule has 0 radical (unpaired) electrons. The predicted molar refractivity (Wildman–Crippen MR) is 74.5 cm³/mol. The fraction of sp³-hybridized carbons (Fsp3) is 0.538. The fourth-order valence-electron chi connectivity index (χ4n) is 2.06. The van der Waals surface area contributed by atoms with Crippen LogP contribution in [0, 0.1) is 0 Å². The molecule has 2 N–H and O–H groups in total. The van der Waals surface area contributed by atoms with E-state index in [4.69, 9.17) is 5.73 Å². The number of nitrogens with two attached hydrogens (primary N) is 1. The zero-order chi connectivity index (χ0) is 13.8. The minimum Gasteiger partial charge on any atom is -0.326 e. The Hall–Kier alpha value is -0.910. The van der Waals surface area contributed by atoms with E-state index in [1.807, 2.05) is 45.0 Å². The van der Waals surface area contributed by atoms with Crippen molar-refractivity contribution in [3.05, 3.63) is 35.4 Å². The highest BCUT2D eigenvalue weighted by molar-refractivity contribution is 7.88. The number of nitrogens with zero attached hydrogens (tertiary/aromatic N) is 1. The Kier molecular flexibility index (Phi) is 5.31. The van der Waals surface area contributed by atoms with E-state index in [0.717, 1.165) is 11.1 Å².